The molecular formula is C16H14F3N3O3S. The van der Waals surface area contributed by atoms with Crippen molar-refractivity contribution in [2.24, 2.45) is 0 Å². The molecule has 0 radical (unpaired) electrons. The van der Waals surface area contributed by atoms with Crippen molar-refractivity contribution in [1.29, 1.82) is 0 Å². The third-order valence-electron chi connectivity index (χ3n) is 3.27. The number of carboxylic acid groups (broad SMARTS) is 1. The van der Waals surface area contributed by atoms with Gasteiger partial charge in [-0.25, -0.2) is 9.78 Å². The van der Waals surface area contributed by atoms with Crippen molar-refractivity contribution in [2.75, 3.05) is 5.73 Å². The van der Waals surface area contributed by atoms with Crippen molar-refractivity contribution in [1.82, 2.24) is 10.1 Å². The third kappa shape index (κ3) is 4.60. The van der Waals surface area contributed by atoms with Gasteiger partial charge in [-0.05, 0) is 19.4 Å². The molecule has 0 unspecified atom stereocenters. The second kappa shape index (κ2) is 7.56. The quantitative estimate of drug-likeness (QED) is 0.682. The van der Waals surface area contributed by atoms with Gasteiger partial charge >= 0.3 is 12.1 Å². The summed E-state index contributed by atoms with van der Waals surface area (Å²) in [5, 5.41) is 13.6. The van der Waals surface area contributed by atoms with Gasteiger partial charge in [0.25, 0.3) is 0 Å². The van der Waals surface area contributed by atoms with Crippen LogP contribution in [0.3, 0.4) is 0 Å². The number of benzene rings is 1. The Morgan fingerprint density at radius 2 is 1.73 bits per heavy atom. The first kappa shape index (κ1) is 19.4. The van der Waals surface area contributed by atoms with Crippen molar-refractivity contribution in [3.63, 3.8) is 0 Å². The lowest BCUT2D eigenvalue weighted by Crippen LogP contribution is -2.21. The highest BCUT2D eigenvalue weighted by molar-refractivity contribution is 7.13. The third-order valence-corrected chi connectivity index (χ3v) is 3.94. The van der Waals surface area contributed by atoms with Gasteiger partial charge in [0.15, 0.2) is 5.13 Å². The number of carbonyl (C=O) groups is 1. The van der Waals surface area contributed by atoms with Gasteiger partial charge in [0, 0.05) is 16.5 Å². The summed E-state index contributed by atoms with van der Waals surface area (Å²) in [6.07, 6.45) is -5.08. The molecule has 0 saturated heterocycles. The highest BCUT2D eigenvalue weighted by atomic mass is 32.1. The van der Waals surface area contributed by atoms with Crippen LogP contribution in [-0.2, 0) is 4.79 Å². The van der Waals surface area contributed by atoms with E-state index in [1.807, 2.05) is 31.4 Å². The Labute approximate surface area is 150 Å². The number of alkyl halides is 3. The summed E-state index contributed by atoms with van der Waals surface area (Å²) in [6.45, 7) is 3.87. The minimum atomic E-state index is -5.08. The van der Waals surface area contributed by atoms with Gasteiger partial charge in [0.05, 0.1) is 11.4 Å². The first-order valence-corrected chi connectivity index (χ1v) is 8.02. The number of nitrogen functional groups attached to an aromatic ring is 1. The summed E-state index contributed by atoms with van der Waals surface area (Å²) in [5.41, 5.74) is 10.7. The molecule has 138 valence electrons. The van der Waals surface area contributed by atoms with Gasteiger partial charge in [-0.1, -0.05) is 29.4 Å². The Balaban J connectivity index is 0.000000298. The molecule has 0 fully saturated rings. The largest absolute Gasteiger partial charge is 0.490 e. The van der Waals surface area contributed by atoms with Crippen LogP contribution >= 0.6 is 11.3 Å². The Morgan fingerprint density at radius 3 is 2.12 bits per heavy atom. The van der Waals surface area contributed by atoms with Gasteiger partial charge < -0.3 is 15.4 Å². The van der Waals surface area contributed by atoms with E-state index in [4.69, 9.17) is 20.2 Å². The van der Waals surface area contributed by atoms with Crippen molar-refractivity contribution in [3.05, 3.63) is 41.1 Å². The molecule has 0 amide bonds. The smallest absolute Gasteiger partial charge is 0.475 e. The normalized spacial score (nSPS) is 11.0. The van der Waals surface area contributed by atoms with Gasteiger partial charge in [0.2, 0.25) is 0 Å². The van der Waals surface area contributed by atoms with Crippen molar-refractivity contribution in [3.8, 4) is 22.4 Å². The topological polar surface area (TPSA) is 102 Å². The Kier molecular flexibility index (Phi) is 5.66. The van der Waals surface area contributed by atoms with E-state index < -0.39 is 12.1 Å². The lowest BCUT2D eigenvalue weighted by atomic mass is 10.0. The Bertz CT molecular complexity index is 882. The van der Waals surface area contributed by atoms with E-state index in [0.717, 1.165) is 33.8 Å². The van der Waals surface area contributed by atoms with Gasteiger partial charge in [-0.2, -0.15) is 13.2 Å². The lowest BCUT2D eigenvalue weighted by Gasteiger charge is -2.02. The molecule has 3 aromatic rings. The Morgan fingerprint density at radius 1 is 1.19 bits per heavy atom. The first-order chi connectivity index (χ1) is 12.1. The van der Waals surface area contributed by atoms with Crippen molar-refractivity contribution < 1.29 is 27.6 Å². The number of carboxylic acids is 1. The van der Waals surface area contributed by atoms with Crippen molar-refractivity contribution in [2.45, 2.75) is 20.0 Å². The molecule has 1 aromatic carbocycles. The summed E-state index contributed by atoms with van der Waals surface area (Å²) in [5.74, 6) is -1.92. The molecule has 3 rings (SSSR count). The molecule has 0 aliphatic heterocycles. The second-order valence-corrected chi connectivity index (χ2v) is 6.04. The van der Waals surface area contributed by atoms with Crippen LogP contribution in [0, 0.1) is 13.8 Å². The molecule has 3 N–H and O–H groups in total. The Hall–Kier alpha value is -2.88. The molecule has 0 spiro atoms. The average Bonchev–Trinajstić information content (AvgIpc) is 3.13. The number of rotatable bonds is 2. The standard InChI is InChI=1S/C14H13N3OS.C2HF3O2/c1-8-13(9(2)18-17-8)11-5-3-10(4-6-11)12-7-19-14(15)16-12;3-2(4,5)1(6)7/h3-7H,1-2H3,(H2,15,16);(H,6,7). The van der Waals surface area contributed by atoms with Crippen LogP contribution in [0.1, 0.15) is 11.5 Å². The molecule has 0 saturated carbocycles. The fourth-order valence-corrected chi connectivity index (χ4v) is 2.70. The number of hydrogen-bond donors (Lipinski definition) is 2. The minimum absolute atomic E-state index is 0.588. The average molecular weight is 385 g/mol. The lowest BCUT2D eigenvalue weighted by molar-refractivity contribution is -0.192. The number of halogens is 3. The van der Waals surface area contributed by atoms with Crippen molar-refractivity contribution >= 4 is 22.4 Å². The molecule has 0 bridgehead atoms. The zero-order valence-corrected chi connectivity index (χ0v) is 14.5. The number of aliphatic carboxylic acids is 1. The zero-order chi connectivity index (χ0) is 19.5. The molecule has 2 heterocycles. The minimum Gasteiger partial charge on any atom is -0.475 e. The highest BCUT2D eigenvalue weighted by Gasteiger charge is 2.38. The molecule has 10 heteroatoms. The maximum absolute atomic E-state index is 10.6. The maximum Gasteiger partial charge on any atom is 0.490 e. The molecule has 6 nitrogen and oxygen atoms in total. The summed E-state index contributed by atoms with van der Waals surface area (Å²) >= 11 is 1.45. The van der Waals surface area contributed by atoms with Crippen LogP contribution in [0.5, 0.6) is 0 Å². The fraction of sp³-hybridized carbons (Fsp3) is 0.188. The number of anilines is 1. The van der Waals surface area contributed by atoms with E-state index in [0.29, 0.717) is 5.13 Å². The molecule has 0 atom stereocenters. The second-order valence-electron chi connectivity index (χ2n) is 5.15. The van der Waals surface area contributed by atoms with Gasteiger partial charge in [-0.15, -0.1) is 11.3 Å². The van der Waals surface area contributed by atoms with Crippen LogP contribution in [0.2, 0.25) is 0 Å². The van der Waals surface area contributed by atoms with E-state index in [2.05, 4.69) is 22.3 Å². The van der Waals surface area contributed by atoms with Crippen LogP contribution in [-0.4, -0.2) is 27.4 Å². The van der Waals surface area contributed by atoms with E-state index in [9.17, 15) is 13.2 Å². The molecule has 2 aromatic heterocycles. The zero-order valence-electron chi connectivity index (χ0n) is 13.7. The SMILES string of the molecule is Cc1noc(C)c1-c1ccc(-c2csc(N)n2)cc1.O=C(O)C(F)(F)F. The van der Waals surface area contributed by atoms with Gasteiger partial charge in [-0.3, -0.25) is 0 Å². The van der Waals surface area contributed by atoms with E-state index in [1.54, 1.807) is 0 Å². The highest BCUT2D eigenvalue weighted by Crippen LogP contribution is 2.29. The van der Waals surface area contributed by atoms with E-state index >= 15 is 0 Å². The number of nitrogens with two attached hydrogens (primary N) is 1. The van der Waals surface area contributed by atoms with Crippen LogP contribution < -0.4 is 5.73 Å². The number of nitrogens with zero attached hydrogens (tertiary/aromatic N) is 2. The predicted molar refractivity (Wildman–Crippen MR) is 90.6 cm³/mol. The van der Waals surface area contributed by atoms with E-state index in [1.165, 1.54) is 11.3 Å². The molecule has 0 aliphatic carbocycles. The predicted octanol–water partition coefficient (Wildman–Crippen LogP) is 4.30. The fourth-order valence-electron chi connectivity index (χ4n) is 2.12. The molecular weight excluding hydrogens is 371 g/mol. The number of aromatic nitrogens is 2. The maximum atomic E-state index is 10.6. The van der Waals surface area contributed by atoms with E-state index in [-0.39, 0.29) is 0 Å². The van der Waals surface area contributed by atoms with Crippen LogP contribution in [0.15, 0.2) is 34.2 Å². The summed E-state index contributed by atoms with van der Waals surface area (Å²) in [4.78, 5) is 13.2. The molecule has 26 heavy (non-hydrogen) atoms. The number of hydrogen-bond acceptors (Lipinski definition) is 6. The van der Waals surface area contributed by atoms with Gasteiger partial charge in [0.1, 0.15) is 5.76 Å². The summed E-state index contributed by atoms with van der Waals surface area (Å²) in [7, 11) is 0. The molecule has 0 aliphatic rings. The summed E-state index contributed by atoms with van der Waals surface area (Å²) in [6, 6.07) is 8.18. The first-order valence-electron chi connectivity index (χ1n) is 7.14. The number of aryl methyl sites for hydroxylation is 2. The van der Waals surface area contributed by atoms with Crippen LogP contribution in [0.4, 0.5) is 18.3 Å². The monoisotopic (exact) mass is 385 g/mol. The summed E-state index contributed by atoms with van der Waals surface area (Å²) < 4.78 is 36.9. The number of thiazole rings is 1. The van der Waals surface area contributed by atoms with Crippen LogP contribution in [0.25, 0.3) is 22.4 Å².